The summed E-state index contributed by atoms with van der Waals surface area (Å²) in [5, 5.41) is 3.80. The summed E-state index contributed by atoms with van der Waals surface area (Å²) in [6.45, 7) is 8.69. The Morgan fingerprint density at radius 1 is 1.07 bits per heavy atom. The third-order valence-corrected chi connectivity index (χ3v) is 8.08. The number of anilines is 3. The highest BCUT2D eigenvalue weighted by Crippen LogP contribution is 2.36. The Kier molecular flexibility index (Phi) is 9.08. The first kappa shape index (κ1) is 29.9. The number of ether oxygens (including phenoxy) is 1. The molecule has 0 saturated carbocycles. The van der Waals surface area contributed by atoms with Crippen molar-refractivity contribution in [2.24, 2.45) is 0 Å². The molecule has 8 nitrogen and oxygen atoms in total. The van der Waals surface area contributed by atoms with Crippen molar-refractivity contribution < 1.29 is 22.7 Å². The largest absolute Gasteiger partial charge is 0.492 e. The number of alkyl halides is 3. The topological polar surface area (TPSA) is 73.8 Å². The molecule has 5 rings (SSSR count). The highest BCUT2D eigenvalue weighted by molar-refractivity contribution is 6.32. The van der Waals surface area contributed by atoms with Crippen molar-refractivity contribution in [1.29, 1.82) is 0 Å². The van der Waals surface area contributed by atoms with Gasteiger partial charge in [0.05, 0.1) is 29.4 Å². The zero-order chi connectivity index (χ0) is 29.9. The minimum Gasteiger partial charge on any atom is -0.492 e. The van der Waals surface area contributed by atoms with Crippen molar-refractivity contribution in [1.82, 2.24) is 19.8 Å². The van der Waals surface area contributed by atoms with Crippen LogP contribution in [0.2, 0.25) is 5.02 Å². The quantitative estimate of drug-likeness (QED) is 0.332. The van der Waals surface area contributed by atoms with E-state index in [1.807, 2.05) is 21.9 Å². The van der Waals surface area contributed by atoms with Crippen LogP contribution in [0, 0.1) is 6.92 Å². The molecule has 1 fully saturated rings. The van der Waals surface area contributed by atoms with E-state index < -0.39 is 11.7 Å². The van der Waals surface area contributed by atoms with E-state index in [9.17, 15) is 18.0 Å². The van der Waals surface area contributed by atoms with Gasteiger partial charge in [-0.3, -0.25) is 9.69 Å². The molecule has 2 aliphatic rings. The SMILES string of the molecule is CC(=O)N1CCN(CCCOc2ccc(Nc3ncnc4c3CCN(c3ccc(C)c(C(F)(F)F)c3)C4)cc2Cl)CC1. The van der Waals surface area contributed by atoms with Crippen LogP contribution in [0.1, 0.15) is 35.7 Å². The molecule has 1 amide bonds. The zero-order valence-corrected chi connectivity index (χ0v) is 24.4. The van der Waals surface area contributed by atoms with E-state index in [1.165, 1.54) is 25.4 Å². The number of hydrogen-bond donors (Lipinski definition) is 1. The van der Waals surface area contributed by atoms with Crippen molar-refractivity contribution in [3.05, 3.63) is 70.1 Å². The van der Waals surface area contributed by atoms with Gasteiger partial charge in [-0.15, -0.1) is 0 Å². The summed E-state index contributed by atoms with van der Waals surface area (Å²) in [5.74, 6) is 1.37. The number of benzene rings is 2. The molecule has 0 bridgehead atoms. The van der Waals surface area contributed by atoms with Crippen LogP contribution in [-0.4, -0.2) is 71.6 Å². The molecule has 42 heavy (non-hydrogen) atoms. The second-order valence-corrected chi connectivity index (χ2v) is 11.0. The van der Waals surface area contributed by atoms with E-state index in [0.29, 0.717) is 48.4 Å². The number of fused-ring (bicyclic) bond motifs is 1. The number of nitrogens with one attached hydrogen (secondary N) is 1. The van der Waals surface area contributed by atoms with Gasteiger partial charge in [-0.1, -0.05) is 17.7 Å². The summed E-state index contributed by atoms with van der Waals surface area (Å²) in [6.07, 6.45) is -1.52. The number of carbonyl (C=O) groups is 1. The average molecular weight is 603 g/mol. The van der Waals surface area contributed by atoms with Crippen molar-refractivity contribution >= 4 is 34.7 Å². The Bertz CT molecular complexity index is 1430. The zero-order valence-electron chi connectivity index (χ0n) is 23.7. The standard InChI is InChI=1S/C30H34ClF3N6O2/c1-20-4-6-23(17-25(20)30(32,33)34)40-10-8-24-27(18-40)35-19-36-29(24)37-22-5-7-28(26(31)16-22)42-15-3-9-38-11-13-39(14-12-38)21(2)41/h4-7,16-17,19H,3,8-15,18H2,1-2H3,(H,35,36,37). The fraction of sp³-hybridized carbons (Fsp3) is 0.433. The number of nitrogens with zero attached hydrogens (tertiary/aromatic N) is 5. The van der Waals surface area contributed by atoms with Crippen LogP contribution in [0.25, 0.3) is 0 Å². The molecule has 0 radical (unpaired) electrons. The molecular formula is C30H34ClF3N6O2. The molecule has 0 atom stereocenters. The molecular weight excluding hydrogens is 569 g/mol. The maximum atomic E-state index is 13.5. The summed E-state index contributed by atoms with van der Waals surface area (Å²) < 4.78 is 46.3. The van der Waals surface area contributed by atoms with E-state index in [2.05, 4.69) is 20.2 Å². The van der Waals surface area contributed by atoms with E-state index in [0.717, 1.165) is 56.1 Å². The molecule has 0 unspecified atom stereocenters. The molecule has 3 heterocycles. The fourth-order valence-electron chi connectivity index (χ4n) is 5.38. The summed E-state index contributed by atoms with van der Waals surface area (Å²) in [4.78, 5) is 26.4. The first-order valence-electron chi connectivity index (χ1n) is 14.0. The Balaban J connectivity index is 1.16. The Labute approximate surface area is 248 Å². The average Bonchev–Trinajstić information content (AvgIpc) is 2.96. The van der Waals surface area contributed by atoms with Gasteiger partial charge in [0, 0.05) is 63.1 Å². The first-order valence-corrected chi connectivity index (χ1v) is 14.4. The molecule has 12 heteroatoms. The van der Waals surface area contributed by atoms with Gasteiger partial charge < -0.3 is 19.9 Å². The third-order valence-electron chi connectivity index (χ3n) is 7.79. The lowest BCUT2D eigenvalue weighted by Gasteiger charge is -2.34. The smallest absolute Gasteiger partial charge is 0.416 e. The van der Waals surface area contributed by atoms with Crippen molar-refractivity contribution in [2.75, 3.05) is 56.1 Å². The second kappa shape index (κ2) is 12.7. The molecule has 1 saturated heterocycles. The normalized spacial score (nSPS) is 15.9. The van der Waals surface area contributed by atoms with Gasteiger partial charge >= 0.3 is 6.18 Å². The molecule has 0 spiro atoms. The predicted molar refractivity (Wildman–Crippen MR) is 157 cm³/mol. The minimum absolute atomic E-state index is 0.126. The van der Waals surface area contributed by atoms with Gasteiger partial charge in [0.25, 0.3) is 0 Å². The van der Waals surface area contributed by atoms with Gasteiger partial charge in [-0.2, -0.15) is 13.2 Å². The summed E-state index contributed by atoms with van der Waals surface area (Å²) in [5.41, 5.74) is 2.54. The number of hydrogen-bond acceptors (Lipinski definition) is 7. The molecule has 2 aliphatic heterocycles. The van der Waals surface area contributed by atoms with Crippen molar-refractivity contribution in [2.45, 2.75) is 39.4 Å². The van der Waals surface area contributed by atoms with Crippen LogP contribution < -0.4 is 15.0 Å². The Hall–Kier alpha value is -3.57. The van der Waals surface area contributed by atoms with Crippen LogP contribution in [0.3, 0.4) is 0 Å². The number of rotatable bonds is 8. The summed E-state index contributed by atoms with van der Waals surface area (Å²) in [6, 6.07) is 9.92. The summed E-state index contributed by atoms with van der Waals surface area (Å²) >= 11 is 6.52. The molecule has 3 aromatic rings. The lowest BCUT2D eigenvalue weighted by Crippen LogP contribution is -2.48. The number of amides is 1. The van der Waals surface area contributed by atoms with Gasteiger partial charge in [-0.05, 0) is 55.7 Å². The lowest BCUT2D eigenvalue weighted by atomic mass is 10.0. The molecule has 224 valence electrons. The monoisotopic (exact) mass is 602 g/mol. The Morgan fingerprint density at radius 2 is 1.86 bits per heavy atom. The van der Waals surface area contributed by atoms with E-state index in [1.54, 1.807) is 19.1 Å². The van der Waals surface area contributed by atoms with Crippen LogP contribution in [0.5, 0.6) is 5.75 Å². The first-order chi connectivity index (χ1) is 20.1. The predicted octanol–water partition coefficient (Wildman–Crippen LogP) is 5.70. The number of aromatic nitrogens is 2. The molecule has 1 N–H and O–H groups in total. The van der Waals surface area contributed by atoms with E-state index >= 15 is 0 Å². The third kappa shape index (κ3) is 7.07. The van der Waals surface area contributed by atoms with E-state index in [-0.39, 0.29) is 11.5 Å². The minimum atomic E-state index is -4.40. The number of piperazine rings is 1. The van der Waals surface area contributed by atoms with Crippen molar-refractivity contribution in [3.63, 3.8) is 0 Å². The van der Waals surface area contributed by atoms with Crippen LogP contribution in [0.15, 0.2) is 42.7 Å². The van der Waals surface area contributed by atoms with Gasteiger partial charge in [0.15, 0.2) is 0 Å². The number of halogens is 4. The maximum absolute atomic E-state index is 13.5. The second-order valence-electron chi connectivity index (χ2n) is 10.6. The van der Waals surface area contributed by atoms with Crippen LogP contribution >= 0.6 is 11.6 Å². The Morgan fingerprint density at radius 3 is 2.57 bits per heavy atom. The molecule has 1 aromatic heterocycles. The number of carbonyl (C=O) groups excluding carboxylic acids is 1. The highest BCUT2D eigenvalue weighted by Gasteiger charge is 2.33. The fourth-order valence-corrected chi connectivity index (χ4v) is 5.62. The van der Waals surface area contributed by atoms with Crippen molar-refractivity contribution in [3.8, 4) is 5.75 Å². The molecule has 2 aromatic carbocycles. The molecule has 0 aliphatic carbocycles. The van der Waals surface area contributed by atoms with Crippen LogP contribution in [0.4, 0.5) is 30.4 Å². The summed E-state index contributed by atoms with van der Waals surface area (Å²) in [7, 11) is 0. The number of aryl methyl sites for hydroxylation is 1. The van der Waals surface area contributed by atoms with Gasteiger partial charge in [-0.25, -0.2) is 9.97 Å². The maximum Gasteiger partial charge on any atom is 0.416 e. The van der Waals surface area contributed by atoms with Gasteiger partial charge in [0.1, 0.15) is 17.9 Å². The highest BCUT2D eigenvalue weighted by atomic mass is 35.5. The van der Waals surface area contributed by atoms with E-state index in [4.69, 9.17) is 16.3 Å². The van der Waals surface area contributed by atoms with Gasteiger partial charge in [0.2, 0.25) is 5.91 Å². The van der Waals surface area contributed by atoms with Crippen LogP contribution in [-0.2, 0) is 23.9 Å². The lowest BCUT2D eigenvalue weighted by molar-refractivity contribution is -0.138.